The van der Waals surface area contributed by atoms with Gasteiger partial charge in [-0.1, -0.05) is 18.2 Å². The van der Waals surface area contributed by atoms with E-state index >= 15 is 0 Å². The Bertz CT molecular complexity index is 1440. The topological polar surface area (TPSA) is 98.3 Å². The van der Waals surface area contributed by atoms with Crippen molar-refractivity contribution >= 4 is 17.8 Å². The van der Waals surface area contributed by atoms with Gasteiger partial charge in [0, 0.05) is 74.1 Å². The molecule has 38 heavy (non-hydrogen) atoms. The Morgan fingerprint density at radius 3 is 2.79 bits per heavy atom. The molecule has 5 rings (SSSR count). The van der Waals surface area contributed by atoms with Crippen LogP contribution in [0.15, 0.2) is 71.7 Å². The average molecular weight is 508 g/mol. The lowest BCUT2D eigenvalue weighted by Gasteiger charge is -2.33. The van der Waals surface area contributed by atoms with E-state index < -0.39 is 5.41 Å². The molecule has 194 valence electrons. The summed E-state index contributed by atoms with van der Waals surface area (Å²) in [6.45, 7) is 9.73. The van der Waals surface area contributed by atoms with Crippen molar-refractivity contribution in [1.29, 1.82) is 5.26 Å². The summed E-state index contributed by atoms with van der Waals surface area (Å²) in [5.74, 6) is -0.0473. The molecular formula is C30H33N7O. The van der Waals surface area contributed by atoms with Gasteiger partial charge < -0.3 is 15.5 Å². The van der Waals surface area contributed by atoms with Gasteiger partial charge in [-0.3, -0.25) is 9.79 Å². The first kappa shape index (κ1) is 25.4. The monoisotopic (exact) mass is 507 g/mol. The van der Waals surface area contributed by atoms with Crippen LogP contribution in [0.25, 0.3) is 5.69 Å². The molecule has 0 radical (unpaired) electrons. The van der Waals surface area contributed by atoms with E-state index in [1.165, 1.54) is 5.70 Å². The van der Waals surface area contributed by atoms with Gasteiger partial charge in [-0.25, -0.2) is 4.68 Å². The largest absolute Gasteiger partial charge is 0.371 e. The van der Waals surface area contributed by atoms with Gasteiger partial charge in [-0.15, -0.1) is 0 Å². The standard InChI is InChI=1S/C30H33N7O/c1-21-7-8-26(35-29(38)22-5-4-6-25(13-22)30(2,3)20-31)15-28(21)37-19-24(17-34-37)23-14-27(18-33-16-23)36-11-9-32-10-12-36/h4-8,13,15-19,23,32H,9-12,14H2,1-3H3,(H,35,38). The number of hydrogen-bond donors (Lipinski definition) is 2. The van der Waals surface area contributed by atoms with E-state index in [1.54, 1.807) is 12.1 Å². The molecule has 3 aromatic rings. The lowest BCUT2D eigenvalue weighted by Crippen LogP contribution is -2.43. The number of benzene rings is 2. The molecule has 8 nitrogen and oxygen atoms in total. The molecule has 0 bridgehead atoms. The van der Waals surface area contributed by atoms with Crippen LogP contribution < -0.4 is 10.6 Å². The predicted octanol–water partition coefficient (Wildman–Crippen LogP) is 4.54. The van der Waals surface area contributed by atoms with Crippen molar-refractivity contribution in [3.05, 3.63) is 89.0 Å². The van der Waals surface area contributed by atoms with Crippen molar-refractivity contribution in [2.75, 3.05) is 31.5 Å². The predicted molar refractivity (Wildman–Crippen MR) is 150 cm³/mol. The summed E-state index contributed by atoms with van der Waals surface area (Å²) >= 11 is 0. The van der Waals surface area contributed by atoms with Gasteiger partial charge in [-0.2, -0.15) is 10.4 Å². The Morgan fingerprint density at radius 2 is 2.00 bits per heavy atom. The molecule has 1 amide bonds. The Kier molecular flexibility index (Phi) is 7.12. The van der Waals surface area contributed by atoms with Crippen LogP contribution >= 0.6 is 0 Å². The van der Waals surface area contributed by atoms with E-state index in [0.717, 1.165) is 55.0 Å². The quantitative estimate of drug-likeness (QED) is 0.511. The van der Waals surface area contributed by atoms with Gasteiger partial charge >= 0.3 is 0 Å². The maximum Gasteiger partial charge on any atom is 0.255 e. The number of rotatable bonds is 6. The number of amides is 1. The lowest BCUT2D eigenvalue weighted by atomic mass is 9.85. The highest BCUT2D eigenvalue weighted by atomic mass is 16.1. The minimum Gasteiger partial charge on any atom is -0.371 e. The van der Waals surface area contributed by atoms with Gasteiger partial charge in [0.05, 0.1) is 23.4 Å². The third kappa shape index (κ3) is 5.38. The number of nitrogens with zero attached hydrogens (tertiary/aromatic N) is 5. The second-order valence-corrected chi connectivity index (χ2v) is 10.5. The van der Waals surface area contributed by atoms with Crippen LogP contribution in [-0.2, 0) is 5.41 Å². The molecule has 2 aliphatic heterocycles. The SMILES string of the molecule is Cc1ccc(NC(=O)c2cccc(C(C)(C)C#N)c2)cc1-n1cc(C2C=NC=C(N3CCNCC3)C2)cn1. The Balaban J connectivity index is 1.32. The highest BCUT2D eigenvalue weighted by Crippen LogP contribution is 2.29. The molecule has 1 aromatic heterocycles. The van der Waals surface area contributed by atoms with Crippen LogP contribution in [0.5, 0.6) is 0 Å². The fourth-order valence-corrected chi connectivity index (χ4v) is 4.84. The summed E-state index contributed by atoms with van der Waals surface area (Å²) in [4.78, 5) is 20.0. The first-order chi connectivity index (χ1) is 18.3. The molecule has 0 aliphatic carbocycles. The average Bonchev–Trinajstić information content (AvgIpc) is 3.45. The number of piperazine rings is 1. The molecule has 8 heteroatoms. The Hall–Kier alpha value is -4.22. The van der Waals surface area contributed by atoms with E-state index in [0.29, 0.717) is 11.3 Å². The summed E-state index contributed by atoms with van der Waals surface area (Å²) in [6, 6.07) is 15.3. The molecule has 0 spiro atoms. The number of aryl methyl sites for hydroxylation is 1. The van der Waals surface area contributed by atoms with Gasteiger partial charge in [0.25, 0.3) is 5.91 Å². The fourth-order valence-electron chi connectivity index (χ4n) is 4.84. The summed E-state index contributed by atoms with van der Waals surface area (Å²) in [6.07, 6.45) is 8.85. The summed E-state index contributed by atoms with van der Waals surface area (Å²) in [7, 11) is 0. The molecule has 1 atom stereocenters. The minimum atomic E-state index is -0.671. The van der Waals surface area contributed by atoms with Gasteiger partial charge in [0.2, 0.25) is 0 Å². The Morgan fingerprint density at radius 1 is 1.18 bits per heavy atom. The number of allylic oxidation sites excluding steroid dienone is 1. The second kappa shape index (κ2) is 10.6. The number of nitriles is 1. The third-order valence-corrected chi connectivity index (χ3v) is 7.31. The lowest BCUT2D eigenvalue weighted by molar-refractivity contribution is 0.102. The highest BCUT2D eigenvalue weighted by molar-refractivity contribution is 6.04. The number of hydrogen-bond acceptors (Lipinski definition) is 6. The van der Waals surface area contributed by atoms with Crippen molar-refractivity contribution in [3.63, 3.8) is 0 Å². The second-order valence-electron chi connectivity index (χ2n) is 10.5. The molecule has 1 fully saturated rings. The van der Waals surface area contributed by atoms with Crippen molar-refractivity contribution in [3.8, 4) is 11.8 Å². The molecule has 2 aliphatic rings. The molecule has 1 saturated heterocycles. The Labute approximate surface area is 223 Å². The van der Waals surface area contributed by atoms with Crippen LogP contribution in [0.4, 0.5) is 5.69 Å². The molecule has 2 aromatic carbocycles. The zero-order chi connectivity index (χ0) is 26.7. The zero-order valence-electron chi connectivity index (χ0n) is 22.1. The first-order valence-corrected chi connectivity index (χ1v) is 13.0. The van der Waals surface area contributed by atoms with Crippen molar-refractivity contribution in [2.45, 2.75) is 38.5 Å². The number of aromatic nitrogens is 2. The molecule has 2 N–H and O–H groups in total. The number of carbonyl (C=O) groups is 1. The van der Waals surface area contributed by atoms with E-state index in [2.05, 4.69) is 37.9 Å². The molecular weight excluding hydrogens is 474 g/mol. The third-order valence-electron chi connectivity index (χ3n) is 7.31. The molecule has 3 heterocycles. The maximum atomic E-state index is 13.0. The van der Waals surface area contributed by atoms with Gasteiger partial charge in [-0.05, 0) is 61.7 Å². The smallest absolute Gasteiger partial charge is 0.255 e. The van der Waals surface area contributed by atoms with Gasteiger partial charge in [0.15, 0.2) is 0 Å². The number of anilines is 1. The van der Waals surface area contributed by atoms with Crippen molar-refractivity contribution < 1.29 is 4.79 Å². The fraction of sp³-hybridized carbons (Fsp3) is 0.333. The minimum absolute atomic E-state index is 0.173. The zero-order valence-corrected chi connectivity index (χ0v) is 22.1. The first-order valence-electron chi connectivity index (χ1n) is 13.0. The maximum absolute atomic E-state index is 13.0. The van der Waals surface area contributed by atoms with E-state index in [-0.39, 0.29) is 11.8 Å². The summed E-state index contributed by atoms with van der Waals surface area (Å²) in [5.41, 5.74) is 5.67. The van der Waals surface area contributed by atoms with E-state index in [4.69, 9.17) is 0 Å². The van der Waals surface area contributed by atoms with Crippen molar-refractivity contribution in [2.24, 2.45) is 4.99 Å². The van der Waals surface area contributed by atoms with Crippen molar-refractivity contribution in [1.82, 2.24) is 20.0 Å². The summed E-state index contributed by atoms with van der Waals surface area (Å²) < 4.78 is 1.87. The summed E-state index contributed by atoms with van der Waals surface area (Å²) in [5, 5.41) is 20.5. The van der Waals surface area contributed by atoms with Crippen LogP contribution in [0.3, 0.4) is 0 Å². The number of carbonyl (C=O) groups excluding carboxylic acids is 1. The van der Waals surface area contributed by atoms with E-state index in [1.807, 2.05) is 74.4 Å². The van der Waals surface area contributed by atoms with Crippen LogP contribution in [0.1, 0.15) is 53.2 Å². The van der Waals surface area contributed by atoms with E-state index in [9.17, 15) is 10.1 Å². The number of aliphatic imine (C=N–C) groups is 1. The van der Waals surface area contributed by atoms with Gasteiger partial charge in [0.1, 0.15) is 0 Å². The van der Waals surface area contributed by atoms with Crippen LogP contribution in [0, 0.1) is 18.3 Å². The molecule has 0 saturated carbocycles. The van der Waals surface area contributed by atoms with Crippen LogP contribution in [-0.4, -0.2) is 53.0 Å². The normalized spacial score (nSPS) is 17.6. The highest BCUT2D eigenvalue weighted by Gasteiger charge is 2.23. The van der Waals surface area contributed by atoms with Crippen LogP contribution in [0.2, 0.25) is 0 Å². The number of nitrogens with one attached hydrogen (secondary N) is 2. The molecule has 1 unspecified atom stereocenters.